The molecule has 1 aliphatic heterocycles. The number of para-hydroxylation sites is 4. The molecule has 1 fully saturated rings. The molecule has 4 N–H and O–H groups in total. The number of carbonyl (C=O) groups is 10. The Bertz CT molecular complexity index is 2700. The van der Waals surface area contributed by atoms with E-state index in [2.05, 4.69) is 41.2 Å². The molecule has 0 radical (unpaired) electrons. The molecule has 0 spiro atoms. The van der Waals surface area contributed by atoms with Crippen molar-refractivity contribution in [3.63, 3.8) is 0 Å². The highest BCUT2D eigenvalue weighted by atomic mass is 32.2. The minimum atomic E-state index is -1.67. The molecule has 1 aliphatic rings. The molecule has 2 aromatic carbocycles. The molecule has 8 atom stereocenters. The van der Waals surface area contributed by atoms with Crippen LogP contribution in [0.15, 0.2) is 60.9 Å². The van der Waals surface area contributed by atoms with Crippen molar-refractivity contribution in [2.24, 2.45) is 11.8 Å². The number of amides is 8. The lowest BCUT2D eigenvalue weighted by atomic mass is 10.0. The second-order valence-electron chi connectivity index (χ2n) is 19.4. The Morgan fingerprint density at radius 3 is 1.22 bits per heavy atom. The van der Waals surface area contributed by atoms with E-state index in [1.165, 1.54) is 78.0 Å². The zero-order chi connectivity index (χ0) is 57.7. The molecule has 5 rings (SSSR count). The summed E-state index contributed by atoms with van der Waals surface area (Å²) < 4.78 is 11.5. The normalized spacial score (nSPS) is 23.6. The van der Waals surface area contributed by atoms with Gasteiger partial charge in [-0.2, -0.15) is 23.5 Å². The number of likely N-dealkylation sites (N-methyl/N-ethyl adjacent to an activating group) is 4. The number of hydrogen-bond acceptors (Lipinski definition) is 18. The van der Waals surface area contributed by atoms with Crippen LogP contribution in [0.3, 0.4) is 0 Å². The number of carbonyl (C=O) groups excluding carboxylic acids is 10. The van der Waals surface area contributed by atoms with Gasteiger partial charge >= 0.3 is 11.9 Å². The third-order valence-electron chi connectivity index (χ3n) is 13.0. The summed E-state index contributed by atoms with van der Waals surface area (Å²) in [4.78, 5) is 164. The lowest BCUT2D eigenvalue weighted by molar-refractivity contribution is -0.160. The maximum absolute atomic E-state index is 14.5. The van der Waals surface area contributed by atoms with Gasteiger partial charge in [-0.1, -0.05) is 52.0 Å². The summed E-state index contributed by atoms with van der Waals surface area (Å²) in [5.41, 5.74) is 1.37. The molecule has 0 unspecified atom stereocenters. The molecule has 4 aromatic rings. The summed E-state index contributed by atoms with van der Waals surface area (Å²) in [6, 6.07) is 2.37. The highest BCUT2D eigenvalue weighted by molar-refractivity contribution is 7.98. The maximum atomic E-state index is 14.5. The van der Waals surface area contributed by atoms with Crippen molar-refractivity contribution in [3.8, 4) is 0 Å². The van der Waals surface area contributed by atoms with Crippen LogP contribution in [-0.2, 0) is 47.8 Å². The average Bonchev–Trinajstić information content (AvgIpc) is 3.44. The number of nitrogens with one attached hydrogen (secondary N) is 4. The van der Waals surface area contributed by atoms with Crippen LogP contribution in [0.25, 0.3) is 22.1 Å². The number of rotatable bonds is 10. The van der Waals surface area contributed by atoms with Crippen LogP contribution in [0.2, 0.25) is 0 Å². The molecule has 0 aliphatic carbocycles. The zero-order valence-electron chi connectivity index (χ0n) is 45.7. The summed E-state index contributed by atoms with van der Waals surface area (Å²) in [5.74, 6) is -9.75. The minimum absolute atomic E-state index is 0.0252. The van der Waals surface area contributed by atoms with Crippen LogP contribution < -0.4 is 21.3 Å². The highest BCUT2D eigenvalue weighted by Crippen LogP contribution is 2.20. The monoisotopic (exact) mass is 1120 g/mol. The Morgan fingerprint density at radius 1 is 0.564 bits per heavy atom. The molecule has 2 aromatic heterocycles. The fraction of sp³-hybridized carbons (Fsp3) is 0.500. The Balaban J connectivity index is 1.54. The van der Waals surface area contributed by atoms with Crippen molar-refractivity contribution < 1.29 is 57.4 Å². The summed E-state index contributed by atoms with van der Waals surface area (Å²) >= 11 is 2.44. The van der Waals surface area contributed by atoms with Crippen molar-refractivity contribution in [2.75, 3.05) is 65.4 Å². The predicted octanol–water partition coefficient (Wildman–Crippen LogP) is 0.925. The van der Waals surface area contributed by atoms with Gasteiger partial charge in [-0.05, 0) is 62.5 Å². The number of thioether (sulfide) groups is 2. The second-order valence-corrected chi connectivity index (χ2v) is 21.2. The Labute approximate surface area is 460 Å². The predicted molar refractivity (Wildman–Crippen MR) is 291 cm³/mol. The maximum Gasteiger partial charge on any atom is 0.329 e. The van der Waals surface area contributed by atoms with Crippen LogP contribution in [-0.4, -0.2) is 212 Å². The largest absolute Gasteiger partial charge is 0.461 e. The lowest BCUT2D eigenvalue weighted by Crippen LogP contribution is -2.60. The van der Waals surface area contributed by atoms with E-state index >= 15 is 0 Å². The first-order chi connectivity index (χ1) is 36.9. The van der Waals surface area contributed by atoms with E-state index in [4.69, 9.17) is 9.47 Å². The van der Waals surface area contributed by atoms with Crippen molar-refractivity contribution >= 4 is 105 Å². The number of nitrogens with zero attached hydrogens (tertiary/aromatic N) is 8. The lowest BCUT2D eigenvalue weighted by Gasteiger charge is -2.36. The van der Waals surface area contributed by atoms with Gasteiger partial charge in [0.1, 0.15) is 72.9 Å². The van der Waals surface area contributed by atoms with E-state index in [1.807, 2.05) is 0 Å². The third-order valence-corrected chi connectivity index (χ3v) is 14.3. The molecule has 8 amide bonds. The smallest absolute Gasteiger partial charge is 0.329 e. The SMILES string of the molecule is CSC[C@H]1C(=O)N(C)[C@@H](C(C)C)C(=O)OC[C@@H](NC(=O)c2cnc3ccccc3n2)C(=O)N[C@@H](C)C(=O)N(C)[C@@H](CSC)C(=O)N(C)[C@@H](C(C)C)C(=O)OC[C@@H](NC(=O)c2cnc3ccccc3n2)C(=O)N[C@@H](C)C(=O)N1C. The van der Waals surface area contributed by atoms with Gasteiger partial charge in [0.15, 0.2) is 0 Å². The summed E-state index contributed by atoms with van der Waals surface area (Å²) in [7, 11) is 5.38. The molecule has 78 heavy (non-hydrogen) atoms. The number of aromatic nitrogens is 4. The topological polar surface area (TPSA) is 302 Å². The fourth-order valence-corrected chi connectivity index (χ4v) is 10.0. The standard InChI is InChI=1S/C52H68N12O12S2/c1-27(2)41-51(73)75-23-37(59-43(65)35-21-53-31-17-13-15-19-33(31)57-35)45(67)55-30(6)48(70)62(8)40(26-78-12)50(72)64(10)42(28(3)4)52(74)76-24-38(60-44(66)36-22-54-32-18-14-16-20-34(32)58-36)46(68)56-29(5)47(69)61(7)39(25-77-11)49(71)63(41)9/h13-22,27-30,37-42H,23-26H2,1-12H3,(H,55,67)(H,56,68)(H,59,65)(H,60,66)/t29-,30-,37+,38+,39-,40-,41-,42-/m0/s1. The number of esters is 2. The summed E-state index contributed by atoms with van der Waals surface area (Å²) in [6.45, 7) is 7.69. The molecule has 1 saturated heterocycles. The molecular weight excluding hydrogens is 1050 g/mol. The van der Waals surface area contributed by atoms with Gasteiger partial charge in [0.25, 0.3) is 11.8 Å². The van der Waals surface area contributed by atoms with Crippen molar-refractivity contribution in [1.29, 1.82) is 0 Å². The van der Waals surface area contributed by atoms with Crippen LogP contribution in [0.4, 0.5) is 0 Å². The molecule has 420 valence electrons. The molecule has 3 heterocycles. The summed E-state index contributed by atoms with van der Waals surface area (Å²) in [6.07, 6.45) is 5.80. The first-order valence-corrected chi connectivity index (χ1v) is 27.7. The molecule has 0 saturated carbocycles. The molecular formula is C52H68N12O12S2. The van der Waals surface area contributed by atoms with Gasteiger partial charge in [0.2, 0.25) is 35.4 Å². The van der Waals surface area contributed by atoms with E-state index in [-0.39, 0.29) is 22.9 Å². The van der Waals surface area contributed by atoms with Gasteiger partial charge in [0, 0.05) is 39.7 Å². The second kappa shape index (κ2) is 27.7. The van der Waals surface area contributed by atoms with Gasteiger partial charge in [0.05, 0.1) is 34.5 Å². The van der Waals surface area contributed by atoms with Crippen molar-refractivity contribution in [3.05, 3.63) is 72.3 Å². The van der Waals surface area contributed by atoms with E-state index in [0.29, 0.717) is 22.1 Å². The van der Waals surface area contributed by atoms with Crippen LogP contribution in [0.1, 0.15) is 62.5 Å². The molecule has 26 heteroatoms. The summed E-state index contributed by atoms with van der Waals surface area (Å²) in [5, 5.41) is 10.2. The van der Waals surface area contributed by atoms with Crippen LogP contribution in [0.5, 0.6) is 0 Å². The van der Waals surface area contributed by atoms with Gasteiger partial charge in [-0.15, -0.1) is 0 Å². The quantitative estimate of drug-likeness (QED) is 0.161. The van der Waals surface area contributed by atoms with Crippen LogP contribution in [0, 0.1) is 11.8 Å². The first-order valence-electron chi connectivity index (χ1n) is 25.0. The molecule has 0 bridgehead atoms. The van der Waals surface area contributed by atoms with Gasteiger partial charge in [-0.3, -0.25) is 48.3 Å². The van der Waals surface area contributed by atoms with Gasteiger partial charge in [-0.25, -0.2) is 19.6 Å². The number of hydrogen-bond donors (Lipinski definition) is 4. The molecule has 24 nitrogen and oxygen atoms in total. The van der Waals surface area contributed by atoms with Crippen molar-refractivity contribution in [2.45, 2.75) is 89.9 Å². The van der Waals surface area contributed by atoms with Crippen LogP contribution >= 0.6 is 23.5 Å². The van der Waals surface area contributed by atoms with E-state index in [0.717, 1.165) is 19.6 Å². The fourth-order valence-electron chi connectivity index (χ4n) is 8.65. The Kier molecular flexibility index (Phi) is 21.8. The van der Waals surface area contributed by atoms with E-state index in [9.17, 15) is 47.9 Å². The number of cyclic esters (lactones) is 2. The Hall–Kier alpha value is -7.48. The number of fused-ring (bicyclic) bond motifs is 2. The average molecular weight is 1120 g/mol. The highest BCUT2D eigenvalue weighted by Gasteiger charge is 2.42. The first kappa shape index (κ1) is 61.4. The Morgan fingerprint density at radius 2 is 0.897 bits per heavy atom. The zero-order valence-corrected chi connectivity index (χ0v) is 47.3. The van der Waals surface area contributed by atoms with E-state index < -0.39 is 133 Å². The number of benzene rings is 2. The van der Waals surface area contributed by atoms with Gasteiger partial charge < -0.3 is 50.3 Å². The minimum Gasteiger partial charge on any atom is -0.461 e. The van der Waals surface area contributed by atoms with E-state index in [1.54, 1.807) is 88.7 Å². The number of ether oxygens (including phenoxy) is 2. The van der Waals surface area contributed by atoms with Crippen molar-refractivity contribution in [1.82, 2.24) is 60.8 Å². The third kappa shape index (κ3) is 15.0.